The lowest BCUT2D eigenvalue weighted by atomic mass is 9.98. The van der Waals surface area contributed by atoms with Crippen molar-refractivity contribution in [2.24, 2.45) is 5.92 Å². The molecule has 0 bridgehead atoms. The molecule has 0 unspecified atom stereocenters. The molecule has 0 atom stereocenters. The van der Waals surface area contributed by atoms with E-state index in [1.807, 2.05) is 30.3 Å². The number of hydrogen-bond acceptors (Lipinski definition) is 6. The molecule has 4 rings (SSSR count). The van der Waals surface area contributed by atoms with Gasteiger partial charge in [-0.15, -0.1) is 0 Å². The van der Waals surface area contributed by atoms with Crippen LogP contribution in [0.3, 0.4) is 0 Å². The van der Waals surface area contributed by atoms with Crippen molar-refractivity contribution in [2.45, 2.75) is 12.8 Å². The van der Waals surface area contributed by atoms with Crippen LogP contribution in [-0.2, 0) is 9.53 Å². The number of hydrogen-bond donors (Lipinski definition) is 1. The number of carboxylic acid groups (broad SMARTS) is 1. The van der Waals surface area contributed by atoms with Gasteiger partial charge < -0.3 is 14.7 Å². The molecule has 9 heteroatoms. The molecule has 1 aromatic heterocycles. The van der Waals surface area contributed by atoms with E-state index in [1.165, 1.54) is 12.1 Å². The first-order valence-electron chi connectivity index (χ1n) is 10.7. The monoisotopic (exact) mass is 454 g/mol. The molecule has 0 radical (unpaired) electrons. The lowest BCUT2D eigenvalue weighted by Gasteiger charge is -2.33. The van der Waals surface area contributed by atoms with E-state index >= 15 is 0 Å². The molecule has 1 N–H and O–H groups in total. The fraction of sp³-hybridized carbons (Fsp3) is 0.292. The molecule has 1 saturated heterocycles. The van der Waals surface area contributed by atoms with Gasteiger partial charge in [0.2, 0.25) is 0 Å². The first-order chi connectivity index (χ1) is 16.0. The van der Waals surface area contributed by atoms with Crippen LogP contribution in [0.4, 0.5) is 31.8 Å². The second-order valence-electron chi connectivity index (χ2n) is 7.87. The summed E-state index contributed by atoms with van der Waals surface area (Å²) in [5.41, 5.74) is 1.00. The summed E-state index contributed by atoms with van der Waals surface area (Å²) in [4.78, 5) is 23.5. The topological polar surface area (TPSA) is 78.8 Å². The van der Waals surface area contributed by atoms with Crippen molar-refractivity contribution in [3.63, 3.8) is 0 Å². The van der Waals surface area contributed by atoms with Crippen molar-refractivity contribution >= 4 is 29.0 Å². The second kappa shape index (κ2) is 10.4. The van der Waals surface area contributed by atoms with Crippen molar-refractivity contribution < 1.29 is 23.4 Å². The Morgan fingerprint density at radius 3 is 2.42 bits per heavy atom. The number of anilines is 4. The standard InChI is InChI=1S/C24H24F2N4O3/c25-18-10-19(26)12-21(11-18)30(20-4-2-1-3-5-20)23-14-27-13-22(28-23)29-8-6-17(7-9-29)15-33-16-24(31)32/h1-5,10-14,17H,6-9,15-16H2,(H,31,32). The normalized spacial score (nSPS) is 14.3. The number of rotatable bonds is 8. The third-order valence-electron chi connectivity index (χ3n) is 5.48. The smallest absolute Gasteiger partial charge is 0.329 e. The lowest BCUT2D eigenvalue weighted by Crippen LogP contribution is -2.36. The molecule has 1 aliphatic heterocycles. The van der Waals surface area contributed by atoms with Crippen LogP contribution in [0.25, 0.3) is 0 Å². The van der Waals surface area contributed by atoms with Gasteiger partial charge in [-0.25, -0.2) is 18.6 Å². The minimum atomic E-state index is -0.972. The maximum atomic E-state index is 14.0. The summed E-state index contributed by atoms with van der Waals surface area (Å²) in [6.07, 6.45) is 4.90. The summed E-state index contributed by atoms with van der Waals surface area (Å²) in [6.45, 7) is 1.57. The van der Waals surface area contributed by atoms with E-state index in [-0.39, 0.29) is 12.5 Å². The summed E-state index contributed by atoms with van der Waals surface area (Å²) in [7, 11) is 0. The van der Waals surface area contributed by atoms with Gasteiger partial charge >= 0.3 is 5.97 Å². The van der Waals surface area contributed by atoms with Gasteiger partial charge in [-0.3, -0.25) is 9.88 Å². The second-order valence-corrected chi connectivity index (χ2v) is 7.87. The number of carboxylic acids is 1. The molecule has 1 fully saturated rings. The van der Waals surface area contributed by atoms with Crippen molar-refractivity contribution in [3.05, 3.63) is 72.6 Å². The van der Waals surface area contributed by atoms with E-state index in [0.717, 1.165) is 32.0 Å². The molecule has 2 heterocycles. The third kappa shape index (κ3) is 5.81. The molecule has 172 valence electrons. The van der Waals surface area contributed by atoms with E-state index in [2.05, 4.69) is 9.88 Å². The van der Waals surface area contributed by atoms with Crippen LogP contribution < -0.4 is 9.80 Å². The summed E-state index contributed by atoms with van der Waals surface area (Å²) in [5, 5.41) is 8.71. The minimum absolute atomic E-state index is 0.285. The Bertz CT molecular complexity index is 1070. The highest BCUT2D eigenvalue weighted by molar-refractivity contribution is 5.74. The van der Waals surface area contributed by atoms with Crippen LogP contribution in [0.15, 0.2) is 60.9 Å². The Balaban J connectivity index is 1.55. The molecule has 7 nitrogen and oxygen atoms in total. The number of benzene rings is 2. The number of carbonyl (C=O) groups is 1. The summed E-state index contributed by atoms with van der Waals surface area (Å²) in [5.74, 6) is -0.941. The number of piperidine rings is 1. The molecule has 3 aromatic rings. The average Bonchev–Trinajstić information content (AvgIpc) is 2.80. The van der Waals surface area contributed by atoms with E-state index in [0.29, 0.717) is 29.6 Å². The van der Waals surface area contributed by atoms with Crippen molar-refractivity contribution in [1.82, 2.24) is 9.97 Å². The molecule has 0 amide bonds. The van der Waals surface area contributed by atoms with E-state index in [1.54, 1.807) is 17.3 Å². The zero-order valence-electron chi connectivity index (χ0n) is 17.9. The fourth-order valence-electron chi connectivity index (χ4n) is 3.91. The molecule has 0 saturated carbocycles. The van der Waals surface area contributed by atoms with Gasteiger partial charge in [-0.05, 0) is 43.0 Å². The first-order valence-corrected chi connectivity index (χ1v) is 10.7. The van der Waals surface area contributed by atoms with Gasteiger partial charge in [-0.1, -0.05) is 18.2 Å². The number of ether oxygens (including phenoxy) is 1. The van der Waals surface area contributed by atoms with Gasteiger partial charge in [0.1, 0.15) is 24.1 Å². The van der Waals surface area contributed by atoms with Gasteiger partial charge in [0.05, 0.1) is 24.7 Å². The largest absolute Gasteiger partial charge is 0.480 e. The Morgan fingerprint density at radius 1 is 1.06 bits per heavy atom. The van der Waals surface area contributed by atoms with E-state index in [4.69, 9.17) is 14.8 Å². The van der Waals surface area contributed by atoms with Gasteiger partial charge in [0.25, 0.3) is 0 Å². The molecule has 2 aromatic carbocycles. The predicted octanol–water partition coefficient (Wildman–Crippen LogP) is 4.54. The van der Waals surface area contributed by atoms with Crippen LogP contribution in [0.2, 0.25) is 0 Å². The number of para-hydroxylation sites is 1. The number of nitrogens with zero attached hydrogens (tertiary/aromatic N) is 4. The minimum Gasteiger partial charge on any atom is -0.480 e. The predicted molar refractivity (Wildman–Crippen MR) is 120 cm³/mol. The van der Waals surface area contributed by atoms with Crippen molar-refractivity contribution in [1.29, 1.82) is 0 Å². The van der Waals surface area contributed by atoms with E-state index < -0.39 is 17.6 Å². The fourth-order valence-corrected chi connectivity index (χ4v) is 3.91. The number of halogens is 2. The molecule has 33 heavy (non-hydrogen) atoms. The Kier molecular flexibility index (Phi) is 7.09. The summed E-state index contributed by atoms with van der Waals surface area (Å²) < 4.78 is 33.2. The molecule has 0 spiro atoms. The maximum Gasteiger partial charge on any atom is 0.329 e. The van der Waals surface area contributed by atoms with Gasteiger partial charge in [-0.2, -0.15) is 0 Å². The molecular weight excluding hydrogens is 430 g/mol. The van der Waals surface area contributed by atoms with Crippen molar-refractivity contribution in [3.8, 4) is 0 Å². The van der Waals surface area contributed by atoms with Crippen LogP contribution >= 0.6 is 0 Å². The van der Waals surface area contributed by atoms with Crippen LogP contribution in [0.5, 0.6) is 0 Å². The first kappa shape index (κ1) is 22.6. The van der Waals surface area contributed by atoms with E-state index in [9.17, 15) is 13.6 Å². The zero-order chi connectivity index (χ0) is 23.2. The molecule has 1 aliphatic rings. The highest BCUT2D eigenvalue weighted by Crippen LogP contribution is 2.34. The number of aromatic nitrogens is 2. The lowest BCUT2D eigenvalue weighted by molar-refractivity contribution is -0.142. The average molecular weight is 454 g/mol. The highest BCUT2D eigenvalue weighted by Gasteiger charge is 2.22. The van der Waals surface area contributed by atoms with Crippen LogP contribution in [0.1, 0.15) is 12.8 Å². The number of aliphatic carboxylic acids is 1. The maximum absolute atomic E-state index is 14.0. The highest BCUT2D eigenvalue weighted by atomic mass is 19.1. The van der Waals surface area contributed by atoms with Crippen molar-refractivity contribution in [2.75, 3.05) is 36.1 Å². The summed E-state index contributed by atoms with van der Waals surface area (Å²) >= 11 is 0. The van der Waals surface area contributed by atoms with Gasteiger partial charge in [0, 0.05) is 24.8 Å². The SMILES string of the molecule is O=C(O)COCC1CCN(c2cncc(N(c3ccccc3)c3cc(F)cc(F)c3)n2)CC1. The summed E-state index contributed by atoms with van der Waals surface area (Å²) in [6, 6.07) is 12.6. The zero-order valence-corrected chi connectivity index (χ0v) is 17.9. The molecular formula is C24H24F2N4O3. The Labute approximate surface area is 190 Å². The van der Waals surface area contributed by atoms with Gasteiger partial charge in [0.15, 0.2) is 5.82 Å². The van der Waals surface area contributed by atoms with Crippen LogP contribution in [-0.4, -0.2) is 47.3 Å². The quantitative estimate of drug-likeness (QED) is 0.535. The Morgan fingerprint density at radius 2 is 1.76 bits per heavy atom. The van der Waals surface area contributed by atoms with Crippen LogP contribution in [0, 0.1) is 17.6 Å². The Hall–Kier alpha value is -3.59. The molecule has 0 aliphatic carbocycles. The third-order valence-corrected chi connectivity index (χ3v) is 5.48.